The largest absolute Gasteiger partial charge is 0.494 e. The summed E-state index contributed by atoms with van der Waals surface area (Å²) in [4.78, 5) is 14.6. The first-order valence-corrected chi connectivity index (χ1v) is 10.9. The highest BCUT2D eigenvalue weighted by Crippen LogP contribution is 2.38. The lowest BCUT2D eigenvalue weighted by Gasteiger charge is -2.41. The van der Waals surface area contributed by atoms with Crippen LogP contribution in [0.5, 0.6) is 5.75 Å². The fourth-order valence-electron chi connectivity index (χ4n) is 4.06. The number of carbonyl (C=O) groups is 1. The summed E-state index contributed by atoms with van der Waals surface area (Å²) in [6.45, 7) is 3.66. The number of hydrogen-bond donors (Lipinski definition) is 2. The van der Waals surface area contributed by atoms with Crippen LogP contribution in [0.25, 0.3) is 0 Å². The standard InChI is InChI=1S/C18H27N3O3S/c1-2-24-16-7-3-6-15(12-16)13-20-17(22)21-10-4-8-18(21)9-5-11-25(19,23)14-18/h3,6-7,12,19H,2,4-5,8-11,13-14H2,1H3,(H,20,22). The van der Waals surface area contributed by atoms with Gasteiger partial charge in [-0.05, 0) is 50.3 Å². The van der Waals surface area contributed by atoms with Gasteiger partial charge in [-0.2, -0.15) is 0 Å². The van der Waals surface area contributed by atoms with Gasteiger partial charge in [-0.3, -0.25) is 4.78 Å². The fraction of sp³-hybridized carbons (Fsp3) is 0.611. The molecule has 25 heavy (non-hydrogen) atoms. The summed E-state index contributed by atoms with van der Waals surface area (Å²) >= 11 is 0. The number of hydrogen-bond acceptors (Lipinski definition) is 4. The number of rotatable bonds is 4. The normalized spacial score (nSPS) is 28.9. The molecule has 7 heteroatoms. The van der Waals surface area contributed by atoms with Gasteiger partial charge in [-0.1, -0.05) is 12.1 Å². The van der Waals surface area contributed by atoms with E-state index in [4.69, 9.17) is 9.52 Å². The average Bonchev–Trinajstić information content (AvgIpc) is 2.95. The van der Waals surface area contributed by atoms with Crippen molar-refractivity contribution in [3.05, 3.63) is 29.8 Å². The maximum Gasteiger partial charge on any atom is 0.318 e. The van der Waals surface area contributed by atoms with Gasteiger partial charge in [-0.25, -0.2) is 9.00 Å². The molecule has 0 aromatic heterocycles. The molecule has 3 rings (SSSR count). The van der Waals surface area contributed by atoms with Crippen LogP contribution in [0.1, 0.15) is 38.2 Å². The van der Waals surface area contributed by atoms with Gasteiger partial charge < -0.3 is 15.0 Å². The minimum Gasteiger partial charge on any atom is -0.494 e. The van der Waals surface area contributed by atoms with Crippen LogP contribution in [-0.4, -0.2) is 45.3 Å². The number of urea groups is 1. The SMILES string of the molecule is CCOc1cccc(CNC(=O)N2CCCC23CCCS(=N)(=O)C3)c1. The zero-order chi connectivity index (χ0) is 17.9. The number of nitrogens with one attached hydrogen (secondary N) is 2. The molecule has 1 aromatic carbocycles. The zero-order valence-electron chi connectivity index (χ0n) is 14.8. The van der Waals surface area contributed by atoms with E-state index >= 15 is 0 Å². The van der Waals surface area contributed by atoms with E-state index in [9.17, 15) is 9.00 Å². The highest BCUT2D eigenvalue weighted by Gasteiger charge is 2.47. The van der Waals surface area contributed by atoms with E-state index < -0.39 is 9.73 Å². The van der Waals surface area contributed by atoms with Crippen molar-refractivity contribution in [2.24, 2.45) is 0 Å². The van der Waals surface area contributed by atoms with Crippen molar-refractivity contribution < 1.29 is 13.7 Å². The maximum absolute atomic E-state index is 12.7. The smallest absolute Gasteiger partial charge is 0.318 e. The van der Waals surface area contributed by atoms with Gasteiger partial charge in [0.1, 0.15) is 5.75 Å². The van der Waals surface area contributed by atoms with Crippen molar-refractivity contribution in [3.8, 4) is 5.75 Å². The third-order valence-electron chi connectivity index (χ3n) is 5.11. The summed E-state index contributed by atoms with van der Waals surface area (Å²) in [5.74, 6) is 1.59. The Hall–Kier alpha value is -1.76. The van der Waals surface area contributed by atoms with E-state index in [2.05, 4.69) is 5.32 Å². The van der Waals surface area contributed by atoms with Crippen LogP contribution < -0.4 is 10.1 Å². The average molecular weight is 365 g/mol. The highest BCUT2D eigenvalue weighted by atomic mass is 32.2. The first kappa shape index (κ1) is 18.0. The Labute approximate surface area is 149 Å². The molecule has 0 bridgehead atoms. The molecule has 6 nitrogen and oxygen atoms in total. The molecule has 2 aliphatic heterocycles. The van der Waals surface area contributed by atoms with Crippen LogP contribution in [-0.2, 0) is 16.3 Å². The molecule has 0 radical (unpaired) electrons. The molecular formula is C18H27N3O3S. The molecule has 2 atom stereocenters. The maximum atomic E-state index is 12.7. The first-order valence-electron chi connectivity index (χ1n) is 8.95. The second kappa shape index (κ2) is 7.23. The predicted octanol–water partition coefficient (Wildman–Crippen LogP) is 2.97. The van der Waals surface area contributed by atoms with Crippen LogP contribution in [0.3, 0.4) is 0 Å². The predicted molar refractivity (Wildman–Crippen MR) is 98.3 cm³/mol. The third-order valence-corrected chi connectivity index (χ3v) is 7.06. The Morgan fingerprint density at radius 3 is 2.96 bits per heavy atom. The summed E-state index contributed by atoms with van der Waals surface area (Å²) in [5, 5.41) is 2.99. The van der Waals surface area contributed by atoms with Crippen LogP contribution >= 0.6 is 0 Å². The Kier molecular flexibility index (Phi) is 5.22. The van der Waals surface area contributed by atoms with E-state index in [0.717, 1.165) is 37.0 Å². The lowest BCUT2D eigenvalue weighted by molar-refractivity contribution is 0.148. The lowest BCUT2D eigenvalue weighted by Crippen LogP contribution is -2.56. The van der Waals surface area contributed by atoms with Crippen LogP contribution in [0.15, 0.2) is 24.3 Å². The fourth-order valence-corrected chi connectivity index (χ4v) is 6.13. The van der Waals surface area contributed by atoms with E-state index in [1.807, 2.05) is 36.1 Å². The molecule has 1 spiro atoms. The zero-order valence-corrected chi connectivity index (χ0v) is 15.6. The van der Waals surface area contributed by atoms with Gasteiger partial charge in [-0.15, -0.1) is 0 Å². The number of amides is 2. The Morgan fingerprint density at radius 1 is 1.40 bits per heavy atom. The topological polar surface area (TPSA) is 82.5 Å². The summed E-state index contributed by atoms with van der Waals surface area (Å²) in [5.41, 5.74) is 0.606. The van der Waals surface area contributed by atoms with Crippen molar-refractivity contribution in [3.63, 3.8) is 0 Å². The number of likely N-dealkylation sites (tertiary alicyclic amines) is 1. The van der Waals surface area contributed by atoms with Gasteiger partial charge in [0.2, 0.25) is 0 Å². The van der Waals surface area contributed by atoms with E-state index in [-0.39, 0.29) is 11.6 Å². The molecule has 0 aliphatic carbocycles. The molecule has 2 heterocycles. The molecular weight excluding hydrogens is 338 g/mol. The van der Waals surface area contributed by atoms with Crippen molar-refractivity contribution in [2.45, 2.75) is 44.7 Å². The second-order valence-corrected chi connectivity index (χ2v) is 9.30. The summed E-state index contributed by atoms with van der Waals surface area (Å²) in [6.07, 6.45) is 3.40. The number of benzene rings is 1. The summed E-state index contributed by atoms with van der Waals surface area (Å²) < 4.78 is 25.8. The lowest BCUT2D eigenvalue weighted by atomic mass is 9.92. The van der Waals surface area contributed by atoms with Gasteiger partial charge in [0.05, 0.1) is 17.9 Å². The second-order valence-electron chi connectivity index (χ2n) is 6.98. The van der Waals surface area contributed by atoms with Gasteiger partial charge in [0, 0.05) is 28.6 Å². The number of nitrogens with zero attached hydrogens (tertiary/aromatic N) is 1. The molecule has 1 aromatic rings. The minimum atomic E-state index is -2.56. The monoisotopic (exact) mass is 365 g/mol. The van der Waals surface area contributed by atoms with E-state index in [1.54, 1.807) is 0 Å². The molecule has 138 valence electrons. The van der Waals surface area contributed by atoms with Gasteiger partial charge in [0.15, 0.2) is 0 Å². The third kappa shape index (κ3) is 4.08. The molecule has 2 saturated heterocycles. The Morgan fingerprint density at radius 2 is 2.20 bits per heavy atom. The number of carbonyl (C=O) groups excluding carboxylic acids is 1. The van der Waals surface area contributed by atoms with Crippen LogP contribution in [0.2, 0.25) is 0 Å². The van der Waals surface area contributed by atoms with Crippen molar-refractivity contribution in [1.82, 2.24) is 10.2 Å². The van der Waals surface area contributed by atoms with E-state index in [0.29, 0.717) is 31.2 Å². The van der Waals surface area contributed by atoms with Crippen molar-refractivity contribution in [2.75, 3.05) is 24.7 Å². The van der Waals surface area contributed by atoms with Crippen LogP contribution in [0.4, 0.5) is 4.79 Å². The molecule has 2 aliphatic rings. The van der Waals surface area contributed by atoms with Gasteiger partial charge in [0.25, 0.3) is 0 Å². The van der Waals surface area contributed by atoms with Crippen molar-refractivity contribution >= 4 is 15.8 Å². The quantitative estimate of drug-likeness (QED) is 0.860. The molecule has 2 fully saturated rings. The molecule has 2 unspecified atom stereocenters. The van der Waals surface area contributed by atoms with E-state index in [1.165, 1.54) is 0 Å². The highest BCUT2D eigenvalue weighted by molar-refractivity contribution is 7.92. The Bertz CT molecular complexity index is 735. The first-order chi connectivity index (χ1) is 11.9. The summed E-state index contributed by atoms with van der Waals surface area (Å²) in [7, 11) is -2.56. The molecule has 2 N–H and O–H groups in total. The van der Waals surface area contributed by atoms with Gasteiger partial charge >= 0.3 is 6.03 Å². The van der Waals surface area contributed by atoms with Crippen LogP contribution in [0, 0.1) is 4.78 Å². The van der Waals surface area contributed by atoms with Crippen molar-refractivity contribution in [1.29, 1.82) is 4.78 Å². The molecule has 0 saturated carbocycles. The summed E-state index contributed by atoms with van der Waals surface area (Å²) in [6, 6.07) is 7.59. The molecule has 2 amide bonds. The minimum absolute atomic E-state index is 0.114. The Balaban J connectivity index is 1.65. The number of ether oxygens (including phenoxy) is 1.